The van der Waals surface area contributed by atoms with Crippen molar-refractivity contribution in [1.29, 1.82) is 0 Å². The van der Waals surface area contributed by atoms with Gasteiger partial charge in [0.15, 0.2) is 0 Å². The van der Waals surface area contributed by atoms with Gasteiger partial charge in [0.05, 0.1) is 6.26 Å². The lowest BCUT2D eigenvalue weighted by Crippen LogP contribution is -2.48. The molecule has 1 fully saturated rings. The topological polar surface area (TPSA) is 66.5 Å². The number of carbonyl (C=O) groups excluding carboxylic acids is 1. The molecule has 0 aliphatic carbocycles. The molecule has 1 aliphatic heterocycles. The third kappa shape index (κ3) is 5.76. The third-order valence-corrected chi connectivity index (χ3v) is 4.45. The van der Waals surface area contributed by atoms with Crippen LogP contribution < -0.4 is 4.72 Å². The number of likely N-dealkylation sites (tertiary alicyclic amines) is 1. The van der Waals surface area contributed by atoms with Crippen LogP contribution in [-0.4, -0.2) is 44.6 Å². The number of hydrogen-bond donors (Lipinski definition) is 1. The lowest BCUT2D eigenvalue weighted by Gasteiger charge is -2.35. The Hall–Kier alpha value is -1.73. The number of sulfonamides is 1. The van der Waals surface area contributed by atoms with E-state index in [0.29, 0.717) is 12.1 Å². The summed E-state index contributed by atoms with van der Waals surface area (Å²) in [6.07, 6.45) is 6.71. The molecule has 1 aliphatic rings. The molecule has 0 saturated carbocycles. The molecule has 2 rings (SSSR count). The maximum atomic E-state index is 13.1. The molecule has 126 valence electrons. The summed E-state index contributed by atoms with van der Waals surface area (Å²) in [6.45, 7) is 0.820. The molecule has 0 spiro atoms. The van der Waals surface area contributed by atoms with E-state index in [2.05, 4.69) is 4.72 Å². The molecule has 1 heterocycles. The van der Waals surface area contributed by atoms with Crippen molar-refractivity contribution in [3.05, 3.63) is 41.7 Å². The summed E-state index contributed by atoms with van der Waals surface area (Å²) in [5.41, 5.74) is 0.612. The van der Waals surface area contributed by atoms with Crippen molar-refractivity contribution in [3.8, 4) is 0 Å². The molecule has 0 bridgehead atoms. The predicted molar refractivity (Wildman–Crippen MR) is 87.6 cm³/mol. The summed E-state index contributed by atoms with van der Waals surface area (Å²) in [6, 6.07) is 5.84. The largest absolute Gasteiger partial charge is 0.335 e. The summed E-state index contributed by atoms with van der Waals surface area (Å²) in [5, 5.41) is 0. The van der Waals surface area contributed by atoms with Crippen molar-refractivity contribution in [2.45, 2.75) is 25.3 Å². The smallest absolute Gasteiger partial charge is 0.246 e. The van der Waals surface area contributed by atoms with E-state index in [-0.39, 0.29) is 24.3 Å². The van der Waals surface area contributed by atoms with Gasteiger partial charge in [-0.3, -0.25) is 4.79 Å². The van der Waals surface area contributed by atoms with Crippen LogP contribution in [0.15, 0.2) is 30.3 Å². The van der Waals surface area contributed by atoms with Crippen molar-refractivity contribution in [2.75, 3.05) is 19.3 Å². The van der Waals surface area contributed by atoms with Gasteiger partial charge in [0.1, 0.15) is 5.82 Å². The quantitative estimate of drug-likeness (QED) is 0.831. The second-order valence-electron chi connectivity index (χ2n) is 5.69. The van der Waals surface area contributed by atoms with E-state index >= 15 is 0 Å². The molecule has 1 N–H and O–H groups in total. The number of nitrogens with one attached hydrogen (secondary N) is 1. The van der Waals surface area contributed by atoms with Gasteiger partial charge in [0, 0.05) is 25.2 Å². The fraction of sp³-hybridized carbons (Fsp3) is 0.438. The minimum absolute atomic E-state index is 0.150. The average molecular weight is 340 g/mol. The van der Waals surface area contributed by atoms with Crippen molar-refractivity contribution in [2.24, 2.45) is 0 Å². The molecule has 1 saturated heterocycles. The van der Waals surface area contributed by atoms with Gasteiger partial charge < -0.3 is 4.90 Å². The van der Waals surface area contributed by atoms with E-state index in [0.717, 1.165) is 25.5 Å². The Morgan fingerprint density at radius 1 is 1.43 bits per heavy atom. The zero-order valence-electron chi connectivity index (χ0n) is 13.0. The van der Waals surface area contributed by atoms with E-state index < -0.39 is 10.0 Å². The van der Waals surface area contributed by atoms with Crippen LogP contribution in [0.4, 0.5) is 4.39 Å². The second kappa shape index (κ2) is 7.70. The maximum Gasteiger partial charge on any atom is 0.246 e. The number of rotatable bonds is 5. The second-order valence-corrected chi connectivity index (χ2v) is 7.52. The summed E-state index contributed by atoms with van der Waals surface area (Å²) in [7, 11) is -3.28. The zero-order valence-corrected chi connectivity index (χ0v) is 13.9. The van der Waals surface area contributed by atoms with Crippen LogP contribution >= 0.6 is 0 Å². The summed E-state index contributed by atoms with van der Waals surface area (Å²) in [4.78, 5) is 14.0. The van der Waals surface area contributed by atoms with E-state index in [1.54, 1.807) is 23.1 Å². The number of nitrogens with zero attached hydrogens (tertiary/aromatic N) is 1. The fourth-order valence-corrected chi connectivity index (χ4v) is 3.12. The maximum absolute atomic E-state index is 13.1. The van der Waals surface area contributed by atoms with Gasteiger partial charge in [0.2, 0.25) is 15.9 Å². The molecule has 0 aromatic heterocycles. The minimum atomic E-state index is -3.28. The monoisotopic (exact) mass is 340 g/mol. The molecule has 1 aromatic rings. The number of piperidine rings is 1. The first kappa shape index (κ1) is 17.6. The van der Waals surface area contributed by atoms with Crippen LogP contribution in [0.25, 0.3) is 6.08 Å². The Bertz CT molecular complexity index is 688. The number of carbonyl (C=O) groups is 1. The van der Waals surface area contributed by atoms with Gasteiger partial charge in [-0.15, -0.1) is 0 Å². The first-order valence-electron chi connectivity index (χ1n) is 7.54. The first-order valence-corrected chi connectivity index (χ1v) is 9.43. The third-order valence-electron chi connectivity index (χ3n) is 3.76. The molecular formula is C16H21FN2O3S. The Morgan fingerprint density at radius 3 is 2.91 bits per heavy atom. The van der Waals surface area contributed by atoms with Gasteiger partial charge in [-0.2, -0.15) is 0 Å². The molecule has 1 atom stereocenters. The van der Waals surface area contributed by atoms with Crippen molar-refractivity contribution >= 4 is 22.0 Å². The summed E-state index contributed by atoms with van der Waals surface area (Å²) < 4.78 is 38.0. The van der Waals surface area contributed by atoms with E-state index in [1.165, 1.54) is 18.2 Å². The molecule has 23 heavy (non-hydrogen) atoms. The lowest BCUT2D eigenvalue weighted by molar-refractivity contribution is -0.129. The zero-order chi connectivity index (χ0) is 16.9. The molecule has 7 heteroatoms. The highest BCUT2D eigenvalue weighted by Crippen LogP contribution is 2.17. The van der Waals surface area contributed by atoms with Crippen LogP contribution in [0.3, 0.4) is 0 Å². The number of benzene rings is 1. The molecule has 0 radical (unpaired) electrons. The van der Waals surface area contributed by atoms with Crippen LogP contribution in [0.1, 0.15) is 24.8 Å². The lowest BCUT2D eigenvalue weighted by atomic mass is 10.0. The molecular weight excluding hydrogens is 319 g/mol. The van der Waals surface area contributed by atoms with Gasteiger partial charge >= 0.3 is 0 Å². The molecule has 1 amide bonds. The number of halogens is 1. The van der Waals surface area contributed by atoms with Crippen LogP contribution in [-0.2, 0) is 14.8 Å². The molecule has 5 nitrogen and oxygen atoms in total. The van der Waals surface area contributed by atoms with Gasteiger partial charge in [0.25, 0.3) is 0 Å². The number of amides is 1. The Kier molecular flexibility index (Phi) is 5.90. The van der Waals surface area contributed by atoms with Gasteiger partial charge in [-0.25, -0.2) is 17.5 Å². The van der Waals surface area contributed by atoms with Crippen LogP contribution in [0.2, 0.25) is 0 Å². The fourth-order valence-electron chi connectivity index (χ4n) is 2.62. The van der Waals surface area contributed by atoms with Crippen LogP contribution in [0, 0.1) is 5.82 Å². The summed E-state index contributed by atoms with van der Waals surface area (Å²) in [5.74, 6) is -0.540. The van der Waals surface area contributed by atoms with Crippen molar-refractivity contribution in [3.63, 3.8) is 0 Å². The minimum Gasteiger partial charge on any atom is -0.335 e. The standard InChI is InChI=1S/C16H21FN2O3S/c1-23(21,22)18-12-15-7-2-3-10-19(15)16(20)9-8-13-5-4-6-14(17)11-13/h4-6,8-9,11,15,18H,2-3,7,10,12H2,1H3/b9-8+/t15-/m0/s1. The molecule has 1 aromatic carbocycles. The highest BCUT2D eigenvalue weighted by Gasteiger charge is 2.25. The normalized spacial score (nSPS) is 19.2. The predicted octanol–water partition coefficient (Wildman–Crippen LogP) is 1.77. The van der Waals surface area contributed by atoms with Gasteiger partial charge in [-0.05, 0) is 43.0 Å². The molecule has 0 unspecified atom stereocenters. The summed E-state index contributed by atoms with van der Waals surface area (Å²) >= 11 is 0. The average Bonchev–Trinajstić information content (AvgIpc) is 2.50. The highest BCUT2D eigenvalue weighted by atomic mass is 32.2. The van der Waals surface area contributed by atoms with Crippen molar-refractivity contribution < 1.29 is 17.6 Å². The Labute approximate surface area is 136 Å². The van der Waals surface area contributed by atoms with Gasteiger partial charge in [-0.1, -0.05) is 12.1 Å². The SMILES string of the molecule is CS(=O)(=O)NC[C@@H]1CCCCN1C(=O)/C=C/c1cccc(F)c1. The van der Waals surface area contributed by atoms with Crippen LogP contribution in [0.5, 0.6) is 0 Å². The number of hydrogen-bond acceptors (Lipinski definition) is 3. The Morgan fingerprint density at radius 2 is 2.22 bits per heavy atom. The Balaban J connectivity index is 2.03. The van der Waals surface area contributed by atoms with E-state index in [4.69, 9.17) is 0 Å². The first-order chi connectivity index (χ1) is 10.8. The highest BCUT2D eigenvalue weighted by molar-refractivity contribution is 7.88. The van der Waals surface area contributed by atoms with Crippen molar-refractivity contribution in [1.82, 2.24) is 9.62 Å². The van der Waals surface area contributed by atoms with E-state index in [1.807, 2.05) is 0 Å². The van der Waals surface area contributed by atoms with E-state index in [9.17, 15) is 17.6 Å².